The predicted molar refractivity (Wildman–Crippen MR) is 118 cm³/mol. The van der Waals surface area contributed by atoms with Crippen molar-refractivity contribution in [3.05, 3.63) is 46.8 Å². The molecule has 3 N–H and O–H groups in total. The Hall–Kier alpha value is -3.34. The van der Waals surface area contributed by atoms with E-state index in [1.54, 1.807) is 24.3 Å². The highest BCUT2D eigenvalue weighted by molar-refractivity contribution is 5.58. The molecule has 0 radical (unpaired) electrons. The van der Waals surface area contributed by atoms with Gasteiger partial charge in [-0.1, -0.05) is 6.07 Å². The van der Waals surface area contributed by atoms with Crippen LogP contribution in [0, 0.1) is 5.82 Å². The van der Waals surface area contributed by atoms with Crippen molar-refractivity contribution in [2.24, 2.45) is 0 Å². The first-order chi connectivity index (χ1) is 15.4. The van der Waals surface area contributed by atoms with Crippen LogP contribution < -0.4 is 16.3 Å². The smallest absolute Gasteiger partial charge is 0.365 e. The number of benzene rings is 1. The predicted octanol–water partition coefficient (Wildman–Crippen LogP) is 2.45. The van der Waals surface area contributed by atoms with E-state index in [1.165, 1.54) is 19.0 Å². The van der Waals surface area contributed by atoms with E-state index in [1.807, 2.05) is 0 Å². The summed E-state index contributed by atoms with van der Waals surface area (Å²) in [6, 6.07) is 7.67. The first kappa shape index (κ1) is 20.6. The van der Waals surface area contributed by atoms with Crippen LogP contribution in [-0.4, -0.2) is 59.2 Å². The normalized spacial score (nSPS) is 22.5. The molecule has 1 aromatic carbocycles. The minimum absolute atomic E-state index is 0.0707. The largest absolute Gasteiger partial charge is 0.365 e. The lowest BCUT2D eigenvalue weighted by Crippen LogP contribution is -2.55. The van der Waals surface area contributed by atoms with Gasteiger partial charge in [-0.15, -0.1) is 0 Å². The summed E-state index contributed by atoms with van der Waals surface area (Å²) < 4.78 is 15.7. The summed E-state index contributed by atoms with van der Waals surface area (Å²) >= 11 is 0. The van der Waals surface area contributed by atoms with Gasteiger partial charge in [0.25, 0.3) is 0 Å². The Morgan fingerprint density at radius 2 is 2.19 bits per heavy atom. The number of piperidine rings is 1. The fraction of sp³-hybridized carbons (Fsp3) is 0.476. The monoisotopic (exact) mass is 439 g/mol. The second kappa shape index (κ2) is 7.97. The highest BCUT2D eigenvalue weighted by atomic mass is 19.1. The molecule has 2 saturated heterocycles. The molecule has 0 amide bonds. The SMILES string of the molecule is CC1(C)C[C@H](Nc2nc(Nc3cccc(-n4nn[nH]c4=O)c3)ncc2F)C[C@@H]2CCCN21. The van der Waals surface area contributed by atoms with Gasteiger partial charge in [0.15, 0.2) is 11.6 Å². The van der Waals surface area contributed by atoms with Gasteiger partial charge in [0.2, 0.25) is 5.95 Å². The number of nitrogens with zero attached hydrogens (tertiary/aromatic N) is 6. The van der Waals surface area contributed by atoms with Crippen LogP contribution >= 0.6 is 0 Å². The first-order valence-corrected chi connectivity index (χ1v) is 10.8. The molecule has 0 saturated carbocycles. The summed E-state index contributed by atoms with van der Waals surface area (Å²) in [5, 5.41) is 15.9. The lowest BCUT2D eigenvalue weighted by molar-refractivity contribution is 0.0500. The number of H-pyrrole nitrogens is 1. The van der Waals surface area contributed by atoms with Crippen molar-refractivity contribution >= 4 is 17.5 Å². The third-order valence-corrected chi connectivity index (χ3v) is 6.36. The summed E-state index contributed by atoms with van der Waals surface area (Å²) in [6.45, 7) is 5.66. The average molecular weight is 439 g/mol. The number of hydrogen-bond donors (Lipinski definition) is 3. The molecule has 0 aliphatic carbocycles. The van der Waals surface area contributed by atoms with E-state index in [4.69, 9.17) is 0 Å². The molecule has 5 rings (SSSR count). The van der Waals surface area contributed by atoms with Gasteiger partial charge in [0, 0.05) is 23.3 Å². The van der Waals surface area contributed by atoms with Crippen LogP contribution in [0.5, 0.6) is 0 Å². The van der Waals surface area contributed by atoms with Crippen LogP contribution in [0.3, 0.4) is 0 Å². The Balaban J connectivity index is 1.34. The van der Waals surface area contributed by atoms with E-state index in [0.29, 0.717) is 17.4 Å². The van der Waals surface area contributed by atoms with E-state index in [2.05, 4.69) is 54.9 Å². The Bertz CT molecular complexity index is 1170. The third-order valence-electron chi connectivity index (χ3n) is 6.36. The molecule has 10 nitrogen and oxygen atoms in total. The van der Waals surface area contributed by atoms with E-state index in [-0.39, 0.29) is 23.3 Å². The molecule has 11 heteroatoms. The topological polar surface area (TPSA) is 117 Å². The van der Waals surface area contributed by atoms with Crippen LogP contribution in [0.25, 0.3) is 5.69 Å². The average Bonchev–Trinajstić information content (AvgIpc) is 3.40. The Kier molecular flexibility index (Phi) is 5.12. The summed E-state index contributed by atoms with van der Waals surface area (Å²) in [5.74, 6) is -0.0279. The number of aromatic nitrogens is 6. The maximum atomic E-state index is 14.5. The number of aromatic amines is 1. The van der Waals surface area contributed by atoms with E-state index < -0.39 is 11.5 Å². The van der Waals surface area contributed by atoms with Crippen molar-refractivity contribution in [3.63, 3.8) is 0 Å². The fourth-order valence-electron chi connectivity index (χ4n) is 5.05. The van der Waals surface area contributed by atoms with E-state index >= 15 is 0 Å². The third kappa shape index (κ3) is 3.95. The molecule has 2 fully saturated rings. The molecular formula is C21H26FN9O. The minimum atomic E-state index is -0.481. The van der Waals surface area contributed by atoms with Gasteiger partial charge in [0.05, 0.1) is 11.9 Å². The zero-order chi connectivity index (χ0) is 22.3. The number of halogens is 1. The van der Waals surface area contributed by atoms with Crippen LogP contribution in [-0.2, 0) is 0 Å². The highest BCUT2D eigenvalue weighted by Crippen LogP contribution is 2.38. The quantitative estimate of drug-likeness (QED) is 0.555. The molecule has 168 valence electrons. The maximum Gasteiger partial charge on any atom is 0.365 e. The Morgan fingerprint density at radius 3 is 3.00 bits per heavy atom. The fourth-order valence-corrected chi connectivity index (χ4v) is 5.05. The van der Waals surface area contributed by atoms with Crippen molar-refractivity contribution < 1.29 is 4.39 Å². The molecule has 2 aromatic heterocycles. The van der Waals surface area contributed by atoms with Gasteiger partial charge in [-0.2, -0.15) is 9.67 Å². The van der Waals surface area contributed by atoms with Crippen LogP contribution in [0.4, 0.5) is 21.8 Å². The van der Waals surface area contributed by atoms with Crippen LogP contribution in [0.15, 0.2) is 35.3 Å². The van der Waals surface area contributed by atoms with Crippen molar-refractivity contribution in [2.45, 2.75) is 57.2 Å². The van der Waals surface area contributed by atoms with E-state index in [9.17, 15) is 9.18 Å². The maximum absolute atomic E-state index is 14.5. The van der Waals surface area contributed by atoms with Crippen molar-refractivity contribution in [1.29, 1.82) is 0 Å². The number of fused-ring (bicyclic) bond motifs is 1. The molecule has 2 aliphatic heterocycles. The number of hydrogen-bond acceptors (Lipinski definition) is 8. The van der Waals surface area contributed by atoms with E-state index in [0.717, 1.165) is 24.1 Å². The lowest BCUT2D eigenvalue weighted by atomic mass is 9.84. The second-order valence-corrected chi connectivity index (χ2v) is 9.07. The minimum Gasteiger partial charge on any atom is -0.365 e. The lowest BCUT2D eigenvalue weighted by Gasteiger charge is -2.47. The van der Waals surface area contributed by atoms with Gasteiger partial charge >= 0.3 is 5.69 Å². The van der Waals surface area contributed by atoms with Gasteiger partial charge in [-0.25, -0.2) is 19.3 Å². The highest BCUT2D eigenvalue weighted by Gasteiger charge is 2.43. The van der Waals surface area contributed by atoms with Crippen LogP contribution in [0.2, 0.25) is 0 Å². The Morgan fingerprint density at radius 1 is 1.31 bits per heavy atom. The van der Waals surface area contributed by atoms with Gasteiger partial charge in [0.1, 0.15) is 0 Å². The van der Waals surface area contributed by atoms with Crippen molar-refractivity contribution in [1.82, 2.24) is 35.1 Å². The second-order valence-electron chi connectivity index (χ2n) is 9.07. The van der Waals surface area contributed by atoms with Gasteiger partial charge < -0.3 is 10.6 Å². The summed E-state index contributed by atoms with van der Waals surface area (Å²) in [6.07, 6.45) is 5.47. The zero-order valence-corrected chi connectivity index (χ0v) is 18.0. The summed E-state index contributed by atoms with van der Waals surface area (Å²) in [5.41, 5.74) is 0.791. The van der Waals surface area contributed by atoms with Crippen LogP contribution in [0.1, 0.15) is 39.5 Å². The number of nitrogens with one attached hydrogen (secondary N) is 3. The Labute approximate surface area is 184 Å². The molecule has 0 unspecified atom stereocenters. The molecule has 3 aromatic rings. The van der Waals surface area contributed by atoms with Gasteiger partial charge in [-0.05, 0) is 74.7 Å². The molecule has 0 bridgehead atoms. The molecule has 2 aliphatic rings. The number of anilines is 3. The molecule has 2 atom stereocenters. The first-order valence-electron chi connectivity index (χ1n) is 10.8. The van der Waals surface area contributed by atoms with Crippen molar-refractivity contribution in [3.8, 4) is 5.69 Å². The number of tetrazole rings is 1. The zero-order valence-electron chi connectivity index (χ0n) is 18.0. The standard InChI is InChI=1S/C21H26FN9O/c1-21(2)11-14(10-15-7-4-8-30(15)21)24-18-17(22)12-23-19(26-18)25-13-5-3-6-16(9-13)31-20(32)27-28-29-31/h3,5-6,9,12,14-15H,4,7-8,10-11H2,1-2H3,(H,27,29,32)(H2,23,24,25,26)/t14-,15+/m1/s1. The molecule has 32 heavy (non-hydrogen) atoms. The molecular weight excluding hydrogens is 413 g/mol. The molecule has 4 heterocycles. The summed E-state index contributed by atoms with van der Waals surface area (Å²) in [7, 11) is 0. The van der Waals surface area contributed by atoms with Gasteiger partial charge in [-0.3, -0.25) is 4.90 Å². The molecule has 0 spiro atoms. The summed E-state index contributed by atoms with van der Waals surface area (Å²) in [4.78, 5) is 22.8. The van der Waals surface area contributed by atoms with Crippen molar-refractivity contribution in [2.75, 3.05) is 17.2 Å². The number of rotatable bonds is 5.